The fourth-order valence-corrected chi connectivity index (χ4v) is 2.37. The molecule has 7 nitrogen and oxygen atoms in total. The van der Waals surface area contributed by atoms with Crippen molar-refractivity contribution in [2.45, 2.75) is 51.9 Å². The molecule has 144 valence electrons. The predicted molar refractivity (Wildman–Crippen MR) is 103 cm³/mol. The first-order valence-electron chi connectivity index (χ1n) is 9.27. The van der Waals surface area contributed by atoms with Gasteiger partial charge in [0.1, 0.15) is 0 Å². The van der Waals surface area contributed by atoms with Crippen LogP contribution in [0.25, 0.3) is 0 Å². The Bertz CT molecular complexity index is 546. The Kier molecular flexibility index (Phi) is 11.5. The number of anilines is 1. The van der Waals surface area contributed by atoms with E-state index in [4.69, 9.17) is 0 Å². The van der Waals surface area contributed by atoms with Crippen molar-refractivity contribution >= 4 is 23.9 Å². The van der Waals surface area contributed by atoms with Gasteiger partial charge in [-0.25, -0.2) is 5.43 Å². The van der Waals surface area contributed by atoms with E-state index >= 15 is 0 Å². The lowest BCUT2D eigenvalue weighted by atomic mass is 10.1. The van der Waals surface area contributed by atoms with Crippen molar-refractivity contribution in [2.75, 3.05) is 18.4 Å². The molecule has 0 heterocycles. The summed E-state index contributed by atoms with van der Waals surface area (Å²) in [4.78, 5) is 33.9. The highest BCUT2D eigenvalue weighted by molar-refractivity contribution is 5.95. The van der Waals surface area contributed by atoms with Crippen LogP contribution < -0.4 is 21.5 Å². The predicted octanol–water partition coefficient (Wildman–Crippen LogP) is 2.36. The molecular formula is C19H30N4O3. The summed E-state index contributed by atoms with van der Waals surface area (Å²) in [6.07, 6.45) is 7.06. The molecule has 0 spiro atoms. The molecule has 1 aromatic carbocycles. The number of rotatable bonds is 14. The van der Waals surface area contributed by atoms with Crippen LogP contribution in [-0.4, -0.2) is 31.3 Å². The smallest absolute Gasteiger partial charge is 0.265 e. The molecule has 0 atom stereocenters. The Balaban J connectivity index is 2.19. The van der Waals surface area contributed by atoms with Crippen molar-refractivity contribution in [2.24, 2.45) is 0 Å². The van der Waals surface area contributed by atoms with Crippen LogP contribution in [0.4, 0.5) is 5.69 Å². The zero-order valence-corrected chi connectivity index (χ0v) is 15.5. The lowest BCUT2D eigenvalue weighted by Gasteiger charge is -2.08. The van der Waals surface area contributed by atoms with E-state index in [1.807, 2.05) is 6.92 Å². The molecular weight excluding hydrogens is 332 g/mol. The normalized spacial score (nSPS) is 10.2. The molecule has 0 radical (unpaired) electrons. The average Bonchev–Trinajstić information content (AvgIpc) is 2.64. The Hall–Kier alpha value is -2.41. The molecule has 0 aromatic heterocycles. The second-order valence-corrected chi connectivity index (χ2v) is 6.10. The first-order valence-corrected chi connectivity index (χ1v) is 9.27. The molecule has 1 aromatic rings. The molecule has 1 rings (SSSR count). The minimum atomic E-state index is -0.195. The molecule has 4 N–H and O–H groups in total. The third-order valence-electron chi connectivity index (χ3n) is 3.82. The summed E-state index contributed by atoms with van der Waals surface area (Å²) < 4.78 is 0. The molecule has 0 unspecified atom stereocenters. The maximum Gasteiger partial charge on any atom is 0.265 e. The average molecular weight is 362 g/mol. The number of carbonyl (C=O) groups excluding carboxylic acids is 3. The van der Waals surface area contributed by atoms with E-state index in [0.29, 0.717) is 30.6 Å². The third-order valence-corrected chi connectivity index (χ3v) is 3.82. The summed E-state index contributed by atoms with van der Waals surface area (Å²) in [5.41, 5.74) is 6.68. The van der Waals surface area contributed by atoms with Gasteiger partial charge in [0.05, 0.1) is 0 Å². The number of hydrogen-bond acceptors (Lipinski definition) is 4. The summed E-state index contributed by atoms with van der Waals surface area (Å²) in [5, 5.41) is 5.48. The highest BCUT2D eigenvalue weighted by Gasteiger charge is 2.06. The van der Waals surface area contributed by atoms with Crippen LogP contribution in [0.5, 0.6) is 0 Å². The van der Waals surface area contributed by atoms with Gasteiger partial charge in [-0.3, -0.25) is 19.8 Å². The van der Waals surface area contributed by atoms with Crippen molar-refractivity contribution < 1.29 is 14.4 Å². The fraction of sp³-hybridized carbons (Fsp3) is 0.526. The van der Waals surface area contributed by atoms with Gasteiger partial charge in [0, 0.05) is 30.8 Å². The van der Waals surface area contributed by atoms with Gasteiger partial charge in [-0.1, -0.05) is 26.2 Å². The molecule has 0 saturated heterocycles. The lowest BCUT2D eigenvalue weighted by Crippen LogP contribution is -2.37. The Morgan fingerprint density at radius 3 is 2.35 bits per heavy atom. The largest absolute Gasteiger partial charge is 0.359 e. The highest BCUT2D eigenvalue weighted by atomic mass is 16.2. The lowest BCUT2D eigenvalue weighted by molar-refractivity contribution is -0.116. The van der Waals surface area contributed by atoms with E-state index in [0.717, 1.165) is 45.1 Å². The molecule has 0 fully saturated rings. The van der Waals surface area contributed by atoms with Crippen molar-refractivity contribution in [3.63, 3.8) is 0 Å². The highest BCUT2D eigenvalue weighted by Crippen LogP contribution is 2.11. The molecule has 0 aliphatic rings. The van der Waals surface area contributed by atoms with E-state index in [-0.39, 0.29) is 11.8 Å². The van der Waals surface area contributed by atoms with Gasteiger partial charge in [0.25, 0.3) is 5.91 Å². The SMILES string of the molecule is CCCNNC(=O)c1ccc(NC(=O)CCCCCCCNC=O)cc1. The van der Waals surface area contributed by atoms with Gasteiger partial charge >= 0.3 is 0 Å². The van der Waals surface area contributed by atoms with Crippen LogP contribution in [0, 0.1) is 0 Å². The van der Waals surface area contributed by atoms with Crippen LogP contribution in [0.15, 0.2) is 24.3 Å². The van der Waals surface area contributed by atoms with Gasteiger partial charge in [0.15, 0.2) is 0 Å². The Labute approximate surface area is 155 Å². The molecule has 26 heavy (non-hydrogen) atoms. The van der Waals surface area contributed by atoms with Gasteiger partial charge in [-0.05, 0) is 43.5 Å². The quantitative estimate of drug-likeness (QED) is 0.232. The molecule has 0 bridgehead atoms. The van der Waals surface area contributed by atoms with Crippen LogP contribution in [0.3, 0.4) is 0 Å². The second-order valence-electron chi connectivity index (χ2n) is 6.10. The second kappa shape index (κ2) is 13.8. The summed E-state index contributed by atoms with van der Waals surface area (Å²) in [7, 11) is 0. The van der Waals surface area contributed by atoms with Crippen molar-refractivity contribution in [3.8, 4) is 0 Å². The molecule has 0 saturated carbocycles. The van der Waals surface area contributed by atoms with Gasteiger partial charge < -0.3 is 10.6 Å². The summed E-state index contributed by atoms with van der Waals surface area (Å²) >= 11 is 0. The van der Waals surface area contributed by atoms with Crippen LogP contribution >= 0.6 is 0 Å². The number of unbranched alkanes of at least 4 members (excludes halogenated alkanes) is 4. The summed E-state index contributed by atoms with van der Waals surface area (Å²) in [6, 6.07) is 6.83. The monoisotopic (exact) mass is 362 g/mol. The topological polar surface area (TPSA) is 99.3 Å². The van der Waals surface area contributed by atoms with E-state index in [1.54, 1.807) is 24.3 Å². The maximum atomic E-state index is 11.9. The number of carbonyl (C=O) groups is 3. The first kappa shape index (κ1) is 21.6. The summed E-state index contributed by atoms with van der Waals surface area (Å²) in [6.45, 7) is 3.45. The fourth-order valence-electron chi connectivity index (χ4n) is 2.37. The Morgan fingerprint density at radius 1 is 0.962 bits per heavy atom. The number of hydrazine groups is 1. The van der Waals surface area contributed by atoms with Gasteiger partial charge in [0.2, 0.25) is 12.3 Å². The minimum absolute atomic E-state index is 0.0190. The van der Waals surface area contributed by atoms with Crippen LogP contribution in [0.1, 0.15) is 62.2 Å². The first-order chi connectivity index (χ1) is 12.7. The standard InChI is InChI=1S/C19H30N4O3/c1-2-13-21-23-19(26)16-9-11-17(12-10-16)22-18(25)8-6-4-3-5-7-14-20-15-24/h9-12,15,21H,2-8,13-14H2,1H3,(H,20,24)(H,22,25)(H,23,26). The van der Waals surface area contributed by atoms with E-state index in [2.05, 4.69) is 21.5 Å². The summed E-state index contributed by atoms with van der Waals surface area (Å²) in [5.74, 6) is -0.214. The van der Waals surface area contributed by atoms with Gasteiger partial charge in [-0.2, -0.15) is 0 Å². The number of amides is 3. The maximum absolute atomic E-state index is 11.9. The number of hydrogen-bond donors (Lipinski definition) is 4. The molecule has 0 aliphatic carbocycles. The van der Waals surface area contributed by atoms with E-state index in [9.17, 15) is 14.4 Å². The zero-order valence-electron chi connectivity index (χ0n) is 15.5. The minimum Gasteiger partial charge on any atom is -0.359 e. The Morgan fingerprint density at radius 2 is 1.65 bits per heavy atom. The number of nitrogens with one attached hydrogen (secondary N) is 4. The van der Waals surface area contributed by atoms with Gasteiger partial charge in [-0.15, -0.1) is 0 Å². The molecule has 0 aliphatic heterocycles. The zero-order chi connectivity index (χ0) is 19.0. The molecule has 7 heteroatoms. The van der Waals surface area contributed by atoms with E-state index < -0.39 is 0 Å². The van der Waals surface area contributed by atoms with Crippen molar-refractivity contribution in [1.29, 1.82) is 0 Å². The van der Waals surface area contributed by atoms with Crippen molar-refractivity contribution in [3.05, 3.63) is 29.8 Å². The third kappa shape index (κ3) is 9.78. The van der Waals surface area contributed by atoms with Crippen LogP contribution in [0.2, 0.25) is 0 Å². The van der Waals surface area contributed by atoms with Crippen molar-refractivity contribution in [1.82, 2.24) is 16.2 Å². The van der Waals surface area contributed by atoms with Crippen LogP contribution in [-0.2, 0) is 9.59 Å². The molecule has 3 amide bonds. The van der Waals surface area contributed by atoms with E-state index in [1.165, 1.54) is 0 Å². The number of benzene rings is 1.